The number of halogens is 1. The van der Waals surface area contributed by atoms with Gasteiger partial charge in [-0.2, -0.15) is 0 Å². The standard InChI is InChI=1S/C25H34FN3/c1-17-4-6-22(23(26)10-17)11-20-12-25(13-20)15-29(16-25)19(3)28-9-8-21-7-5-18(2)27-24(21)14-28/h4,6,10,20-21,24,27H,2-3,5,7-9,11-16H2,1H3. The van der Waals surface area contributed by atoms with Gasteiger partial charge in [0.15, 0.2) is 0 Å². The third-order valence-corrected chi connectivity index (χ3v) is 7.91. The number of nitrogens with zero attached hydrogens (tertiary/aromatic N) is 2. The fraction of sp³-hybridized carbons (Fsp3) is 0.600. The molecule has 2 atom stereocenters. The molecular weight excluding hydrogens is 361 g/mol. The van der Waals surface area contributed by atoms with Crippen LogP contribution < -0.4 is 5.32 Å². The lowest BCUT2D eigenvalue weighted by atomic mass is 9.56. The van der Waals surface area contributed by atoms with Gasteiger partial charge in [-0.1, -0.05) is 25.3 Å². The van der Waals surface area contributed by atoms with Gasteiger partial charge in [-0.05, 0) is 74.5 Å². The second kappa shape index (κ2) is 7.07. The van der Waals surface area contributed by atoms with Crippen LogP contribution in [0.3, 0.4) is 0 Å². The van der Waals surface area contributed by atoms with E-state index in [0.29, 0.717) is 17.4 Å². The molecule has 3 aliphatic heterocycles. The van der Waals surface area contributed by atoms with E-state index in [0.717, 1.165) is 56.1 Å². The normalized spacial score (nSPS) is 28.4. The van der Waals surface area contributed by atoms with Crippen molar-refractivity contribution in [3.05, 3.63) is 59.8 Å². The van der Waals surface area contributed by atoms with E-state index in [9.17, 15) is 4.39 Å². The smallest absolute Gasteiger partial charge is 0.126 e. The van der Waals surface area contributed by atoms with Crippen molar-refractivity contribution in [1.29, 1.82) is 0 Å². The van der Waals surface area contributed by atoms with Crippen molar-refractivity contribution in [2.75, 3.05) is 26.2 Å². The van der Waals surface area contributed by atoms with E-state index in [1.165, 1.54) is 37.2 Å². The predicted octanol–water partition coefficient (Wildman–Crippen LogP) is 4.45. The number of hydrogen-bond acceptors (Lipinski definition) is 3. The fourth-order valence-electron chi connectivity index (χ4n) is 6.28. The molecule has 1 aromatic carbocycles. The maximum atomic E-state index is 14.1. The number of likely N-dealkylation sites (tertiary alicyclic amines) is 2. The molecule has 3 heterocycles. The van der Waals surface area contributed by atoms with Crippen LogP contribution in [0.25, 0.3) is 0 Å². The van der Waals surface area contributed by atoms with Gasteiger partial charge < -0.3 is 15.1 Å². The fourth-order valence-corrected chi connectivity index (χ4v) is 6.28. The third-order valence-electron chi connectivity index (χ3n) is 7.91. The van der Waals surface area contributed by atoms with Gasteiger partial charge in [0.25, 0.3) is 0 Å². The molecule has 1 aliphatic carbocycles. The Morgan fingerprint density at radius 2 is 2.03 bits per heavy atom. The Bertz CT molecular complexity index is 817. The largest absolute Gasteiger partial charge is 0.384 e. The molecule has 1 saturated carbocycles. The molecule has 1 N–H and O–H groups in total. The number of aryl methyl sites for hydroxylation is 1. The molecule has 2 unspecified atom stereocenters. The van der Waals surface area contributed by atoms with E-state index in [-0.39, 0.29) is 5.82 Å². The molecule has 1 aromatic rings. The van der Waals surface area contributed by atoms with Gasteiger partial charge in [0.1, 0.15) is 5.82 Å². The summed E-state index contributed by atoms with van der Waals surface area (Å²) in [6, 6.07) is 6.21. The van der Waals surface area contributed by atoms with Gasteiger partial charge in [-0.3, -0.25) is 0 Å². The number of piperidine rings is 2. The second-order valence-corrected chi connectivity index (χ2v) is 10.2. The van der Waals surface area contributed by atoms with Crippen LogP contribution in [0, 0.1) is 30.0 Å². The van der Waals surface area contributed by atoms with Crippen LogP contribution in [0.2, 0.25) is 0 Å². The zero-order valence-corrected chi connectivity index (χ0v) is 17.7. The van der Waals surface area contributed by atoms with Crippen LogP contribution in [-0.2, 0) is 6.42 Å². The minimum absolute atomic E-state index is 0.0306. The van der Waals surface area contributed by atoms with Crippen molar-refractivity contribution in [1.82, 2.24) is 15.1 Å². The highest BCUT2D eigenvalue weighted by molar-refractivity contribution is 5.25. The van der Waals surface area contributed by atoms with Crippen LogP contribution in [-0.4, -0.2) is 42.0 Å². The number of allylic oxidation sites excluding steroid dienone is 1. The van der Waals surface area contributed by atoms with Gasteiger partial charge in [0.2, 0.25) is 0 Å². The van der Waals surface area contributed by atoms with Gasteiger partial charge in [-0.25, -0.2) is 4.39 Å². The minimum atomic E-state index is -0.0306. The Morgan fingerprint density at radius 3 is 2.79 bits per heavy atom. The second-order valence-electron chi connectivity index (χ2n) is 10.2. The summed E-state index contributed by atoms with van der Waals surface area (Å²) < 4.78 is 14.1. The first-order chi connectivity index (χ1) is 13.9. The number of fused-ring (bicyclic) bond motifs is 1. The highest BCUT2D eigenvalue weighted by atomic mass is 19.1. The molecule has 29 heavy (non-hydrogen) atoms. The summed E-state index contributed by atoms with van der Waals surface area (Å²) >= 11 is 0. The summed E-state index contributed by atoms with van der Waals surface area (Å²) in [6.07, 6.45) is 7.02. The van der Waals surface area contributed by atoms with E-state index in [4.69, 9.17) is 0 Å². The number of hydrogen-bond donors (Lipinski definition) is 1. The van der Waals surface area contributed by atoms with Gasteiger partial charge in [0, 0.05) is 43.3 Å². The lowest BCUT2D eigenvalue weighted by molar-refractivity contribution is -0.0910. The number of benzene rings is 1. The van der Waals surface area contributed by atoms with Gasteiger partial charge in [0.05, 0.1) is 5.82 Å². The van der Waals surface area contributed by atoms with Crippen molar-refractivity contribution < 1.29 is 4.39 Å². The quantitative estimate of drug-likeness (QED) is 0.813. The maximum Gasteiger partial charge on any atom is 0.126 e. The average molecular weight is 396 g/mol. The molecule has 0 aromatic heterocycles. The topological polar surface area (TPSA) is 18.5 Å². The molecule has 5 rings (SSSR count). The highest BCUT2D eigenvalue weighted by Crippen LogP contribution is 2.54. The molecule has 0 bridgehead atoms. The molecule has 3 saturated heterocycles. The van der Waals surface area contributed by atoms with Crippen molar-refractivity contribution in [2.24, 2.45) is 17.3 Å². The first kappa shape index (κ1) is 19.0. The Morgan fingerprint density at radius 1 is 1.24 bits per heavy atom. The van der Waals surface area contributed by atoms with E-state index in [2.05, 4.69) is 28.3 Å². The summed E-state index contributed by atoms with van der Waals surface area (Å²) in [7, 11) is 0. The summed E-state index contributed by atoms with van der Waals surface area (Å²) in [5, 5.41) is 3.63. The zero-order chi connectivity index (χ0) is 20.2. The molecule has 4 aliphatic rings. The number of rotatable bonds is 4. The lowest BCUT2D eigenvalue weighted by Gasteiger charge is -2.61. The van der Waals surface area contributed by atoms with E-state index in [1.807, 2.05) is 19.1 Å². The molecule has 4 fully saturated rings. The molecule has 4 heteroatoms. The number of nitrogens with one attached hydrogen (secondary N) is 1. The van der Waals surface area contributed by atoms with Crippen molar-refractivity contribution in [2.45, 2.75) is 51.5 Å². The Kier molecular flexibility index (Phi) is 4.64. The highest BCUT2D eigenvalue weighted by Gasteiger charge is 2.53. The van der Waals surface area contributed by atoms with E-state index >= 15 is 0 Å². The monoisotopic (exact) mass is 395 g/mol. The summed E-state index contributed by atoms with van der Waals surface area (Å²) in [5.74, 6) is 2.61. The molecular formula is C25H34FN3. The lowest BCUT2D eigenvalue weighted by Crippen LogP contribution is -2.64. The van der Waals surface area contributed by atoms with Crippen LogP contribution in [0.15, 0.2) is 42.9 Å². The first-order valence-corrected chi connectivity index (χ1v) is 11.3. The van der Waals surface area contributed by atoms with Gasteiger partial charge >= 0.3 is 0 Å². The predicted molar refractivity (Wildman–Crippen MR) is 116 cm³/mol. The third kappa shape index (κ3) is 3.55. The summed E-state index contributed by atoms with van der Waals surface area (Å²) in [5.41, 5.74) is 3.55. The SMILES string of the molecule is C=C1CCC2CCN(C(=C)N3CC4(CC(Cc5ccc(C)cc5F)C4)C3)CC2N1. The zero-order valence-electron chi connectivity index (χ0n) is 17.7. The Balaban J connectivity index is 1.10. The van der Waals surface area contributed by atoms with Gasteiger partial charge in [-0.15, -0.1) is 0 Å². The van der Waals surface area contributed by atoms with Crippen molar-refractivity contribution in [3.8, 4) is 0 Å². The molecule has 0 radical (unpaired) electrons. The van der Waals surface area contributed by atoms with E-state index in [1.54, 1.807) is 6.07 Å². The Labute approximate surface area is 174 Å². The van der Waals surface area contributed by atoms with Crippen molar-refractivity contribution >= 4 is 0 Å². The summed E-state index contributed by atoms with van der Waals surface area (Å²) in [6.45, 7) is 15.0. The van der Waals surface area contributed by atoms with Crippen LogP contribution in [0.1, 0.15) is 43.2 Å². The summed E-state index contributed by atoms with van der Waals surface area (Å²) in [4.78, 5) is 4.96. The maximum absolute atomic E-state index is 14.1. The van der Waals surface area contributed by atoms with Crippen LogP contribution in [0.4, 0.5) is 4.39 Å². The van der Waals surface area contributed by atoms with Crippen LogP contribution in [0.5, 0.6) is 0 Å². The molecule has 3 nitrogen and oxygen atoms in total. The average Bonchev–Trinajstić information content (AvgIpc) is 2.63. The van der Waals surface area contributed by atoms with Crippen molar-refractivity contribution in [3.63, 3.8) is 0 Å². The Hall–Kier alpha value is -1.97. The molecule has 1 spiro atoms. The molecule has 0 amide bonds. The minimum Gasteiger partial charge on any atom is -0.384 e. The molecule has 156 valence electrons. The van der Waals surface area contributed by atoms with Crippen LogP contribution >= 0.6 is 0 Å². The van der Waals surface area contributed by atoms with E-state index < -0.39 is 0 Å². The first-order valence-electron chi connectivity index (χ1n) is 11.3.